The maximum atomic E-state index is 12.4. The largest absolute Gasteiger partial charge is 0.321 e. The molecule has 1 aromatic heterocycles. The van der Waals surface area contributed by atoms with Gasteiger partial charge in [-0.15, -0.1) is 0 Å². The van der Waals surface area contributed by atoms with Crippen LogP contribution in [0.25, 0.3) is 0 Å². The molecule has 9 heteroatoms. The topological polar surface area (TPSA) is 79.4 Å². The summed E-state index contributed by atoms with van der Waals surface area (Å²) < 4.78 is 24.2. The minimum atomic E-state index is -3.42. The van der Waals surface area contributed by atoms with Crippen molar-refractivity contribution in [2.75, 3.05) is 22.9 Å². The zero-order valence-corrected chi connectivity index (χ0v) is 15.4. The number of rotatable bonds is 4. The molecule has 23 heavy (non-hydrogen) atoms. The van der Waals surface area contributed by atoms with Crippen LogP contribution in [0.4, 0.5) is 10.8 Å². The van der Waals surface area contributed by atoms with Gasteiger partial charge in [0.05, 0.1) is 11.9 Å². The van der Waals surface area contributed by atoms with Crippen molar-refractivity contribution in [3.63, 3.8) is 0 Å². The molecule has 0 radical (unpaired) electrons. The molecular formula is C14H16ClN3O3S2. The van der Waals surface area contributed by atoms with Gasteiger partial charge in [0, 0.05) is 17.8 Å². The smallest absolute Gasteiger partial charge is 0.267 e. The molecule has 0 fully saturated rings. The van der Waals surface area contributed by atoms with Gasteiger partial charge in [0.2, 0.25) is 10.0 Å². The van der Waals surface area contributed by atoms with Crippen molar-refractivity contribution in [1.82, 2.24) is 4.98 Å². The van der Waals surface area contributed by atoms with Gasteiger partial charge in [-0.3, -0.25) is 4.79 Å². The summed E-state index contributed by atoms with van der Waals surface area (Å²) in [5.41, 5.74) is 1.95. The minimum absolute atomic E-state index is 0.253. The predicted molar refractivity (Wildman–Crippen MR) is 94.2 cm³/mol. The first kappa shape index (κ1) is 17.7. The van der Waals surface area contributed by atoms with Gasteiger partial charge < -0.3 is 5.32 Å². The van der Waals surface area contributed by atoms with E-state index in [1.54, 1.807) is 25.1 Å². The van der Waals surface area contributed by atoms with Gasteiger partial charge in [-0.1, -0.05) is 22.9 Å². The third-order valence-electron chi connectivity index (χ3n) is 3.20. The van der Waals surface area contributed by atoms with E-state index in [9.17, 15) is 13.2 Å². The first-order chi connectivity index (χ1) is 10.6. The molecule has 0 aliphatic carbocycles. The van der Waals surface area contributed by atoms with Gasteiger partial charge >= 0.3 is 0 Å². The van der Waals surface area contributed by atoms with Crippen molar-refractivity contribution in [3.8, 4) is 0 Å². The molecule has 1 heterocycles. The van der Waals surface area contributed by atoms with Crippen molar-refractivity contribution in [2.24, 2.45) is 0 Å². The standard InChI is InChI=1S/C14H16ClN3O3S2/c1-8-7-10(15)5-6-11(8)17-13(19)12-9(2)16-14(22-12)18(3)23(4,20)21/h5-7H,1-4H3,(H,17,19). The molecule has 1 aromatic carbocycles. The van der Waals surface area contributed by atoms with Crippen LogP contribution in [-0.2, 0) is 10.0 Å². The first-order valence-corrected chi connectivity index (χ1v) is 9.62. The van der Waals surface area contributed by atoms with Crippen LogP contribution in [0.5, 0.6) is 0 Å². The summed E-state index contributed by atoms with van der Waals surface area (Å²) in [4.78, 5) is 16.9. The monoisotopic (exact) mass is 373 g/mol. The number of sulfonamides is 1. The van der Waals surface area contributed by atoms with Gasteiger partial charge in [0.15, 0.2) is 5.13 Å². The SMILES string of the molecule is Cc1cc(Cl)ccc1NC(=O)c1sc(N(C)S(C)(=O)=O)nc1C. The van der Waals surface area contributed by atoms with Gasteiger partial charge in [0.25, 0.3) is 5.91 Å². The average Bonchev–Trinajstić information content (AvgIpc) is 2.82. The van der Waals surface area contributed by atoms with Crippen molar-refractivity contribution in [3.05, 3.63) is 39.4 Å². The highest BCUT2D eigenvalue weighted by atomic mass is 35.5. The Morgan fingerprint density at radius 2 is 2.00 bits per heavy atom. The second-order valence-electron chi connectivity index (χ2n) is 5.05. The van der Waals surface area contributed by atoms with Gasteiger partial charge in [-0.25, -0.2) is 17.7 Å². The summed E-state index contributed by atoms with van der Waals surface area (Å²) >= 11 is 6.92. The Balaban J connectivity index is 2.28. The number of anilines is 2. The fourth-order valence-corrected chi connectivity index (χ4v) is 3.72. The van der Waals surface area contributed by atoms with E-state index in [4.69, 9.17) is 11.6 Å². The Bertz CT molecular complexity index is 862. The number of aryl methyl sites for hydroxylation is 2. The second-order valence-corrected chi connectivity index (χ2v) is 8.48. The lowest BCUT2D eigenvalue weighted by molar-refractivity contribution is 0.102. The molecule has 0 saturated heterocycles. The molecular weight excluding hydrogens is 358 g/mol. The van der Waals surface area contributed by atoms with Gasteiger partial charge in [-0.05, 0) is 37.6 Å². The Hall–Kier alpha value is -1.64. The lowest BCUT2D eigenvalue weighted by Crippen LogP contribution is -2.24. The van der Waals surface area contributed by atoms with Crippen molar-refractivity contribution in [2.45, 2.75) is 13.8 Å². The summed E-state index contributed by atoms with van der Waals surface area (Å²) in [6.45, 7) is 3.50. The number of amides is 1. The fraction of sp³-hybridized carbons (Fsp3) is 0.286. The van der Waals surface area contributed by atoms with E-state index in [1.165, 1.54) is 7.05 Å². The van der Waals surface area contributed by atoms with Crippen LogP contribution in [0, 0.1) is 13.8 Å². The highest BCUT2D eigenvalue weighted by molar-refractivity contribution is 7.92. The Kier molecular flexibility index (Phi) is 4.98. The molecule has 6 nitrogen and oxygen atoms in total. The highest BCUT2D eigenvalue weighted by Gasteiger charge is 2.21. The third kappa shape index (κ3) is 4.01. The van der Waals surface area contributed by atoms with Crippen molar-refractivity contribution in [1.29, 1.82) is 0 Å². The summed E-state index contributed by atoms with van der Waals surface area (Å²) in [5, 5.41) is 3.63. The highest BCUT2D eigenvalue weighted by Crippen LogP contribution is 2.28. The Labute approximate surface area is 144 Å². The van der Waals surface area contributed by atoms with E-state index in [0.29, 0.717) is 21.3 Å². The maximum absolute atomic E-state index is 12.4. The van der Waals surface area contributed by atoms with Crippen LogP contribution in [0.3, 0.4) is 0 Å². The number of carbonyl (C=O) groups excluding carboxylic acids is 1. The normalized spacial score (nSPS) is 11.3. The zero-order chi connectivity index (χ0) is 17.4. The summed E-state index contributed by atoms with van der Waals surface area (Å²) in [6, 6.07) is 5.15. The Morgan fingerprint density at radius 1 is 1.35 bits per heavy atom. The van der Waals surface area contributed by atoms with E-state index in [2.05, 4.69) is 10.3 Å². The lowest BCUT2D eigenvalue weighted by atomic mass is 10.2. The average molecular weight is 374 g/mol. The van der Waals surface area contributed by atoms with E-state index in [1.807, 2.05) is 6.92 Å². The van der Waals surface area contributed by atoms with E-state index >= 15 is 0 Å². The van der Waals surface area contributed by atoms with Crippen LogP contribution >= 0.6 is 22.9 Å². The molecule has 0 saturated carbocycles. The first-order valence-electron chi connectivity index (χ1n) is 6.58. The molecule has 124 valence electrons. The molecule has 1 N–H and O–H groups in total. The van der Waals surface area contributed by atoms with Crippen LogP contribution in [0.15, 0.2) is 18.2 Å². The third-order valence-corrected chi connectivity index (χ3v) is 5.95. The molecule has 2 aromatic rings. The second kappa shape index (κ2) is 6.46. The number of nitrogens with one attached hydrogen (secondary N) is 1. The molecule has 2 rings (SSSR count). The molecule has 0 atom stereocenters. The lowest BCUT2D eigenvalue weighted by Gasteiger charge is -2.11. The molecule has 0 aliphatic heterocycles. The summed E-state index contributed by atoms with van der Waals surface area (Å²) in [5.74, 6) is -0.335. The van der Waals surface area contributed by atoms with Crippen molar-refractivity contribution < 1.29 is 13.2 Å². The number of aromatic nitrogens is 1. The minimum Gasteiger partial charge on any atom is -0.321 e. The summed E-state index contributed by atoms with van der Waals surface area (Å²) in [7, 11) is -2.02. The van der Waals surface area contributed by atoms with Crippen molar-refractivity contribution >= 4 is 49.7 Å². The number of hydrogen-bond acceptors (Lipinski definition) is 5. The molecule has 0 unspecified atom stereocenters. The fourth-order valence-electron chi connectivity index (χ4n) is 1.82. The quantitative estimate of drug-likeness (QED) is 0.893. The number of benzene rings is 1. The van der Waals surface area contributed by atoms with E-state index in [0.717, 1.165) is 27.5 Å². The number of nitrogens with zero attached hydrogens (tertiary/aromatic N) is 2. The maximum Gasteiger partial charge on any atom is 0.267 e. The molecule has 0 aliphatic rings. The zero-order valence-electron chi connectivity index (χ0n) is 13.0. The molecule has 0 bridgehead atoms. The Morgan fingerprint density at radius 3 is 2.57 bits per heavy atom. The molecule has 0 spiro atoms. The number of thiazole rings is 1. The van der Waals surface area contributed by atoms with Gasteiger partial charge in [-0.2, -0.15) is 0 Å². The predicted octanol–water partition coefficient (Wildman–Crippen LogP) is 3.06. The van der Waals surface area contributed by atoms with Crippen LogP contribution < -0.4 is 9.62 Å². The number of carbonyl (C=O) groups is 1. The number of hydrogen-bond donors (Lipinski definition) is 1. The van der Waals surface area contributed by atoms with E-state index < -0.39 is 10.0 Å². The van der Waals surface area contributed by atoms with Crippen LogP contribution in [0.2, 0.25) is 5.02 Å². The molecule has 1 amide bonds. The summed E-state index contributed by atoms with van der Waals surface area (Å²) in [6.07, 6.45) is 1.08. The van der Waals surface area contributed by atoms with Gasteiger partial charge in [0.1, 0.15) is 4.88 Å². The number of halogens is 1. The van der Waals surface area contributed by atoms with Crippen LogP contribution in [0.1, 0.15) is 20.9 Å². The van der Waals surface area contributed by atoms with E-state index in [-0.39, 0.29) is 11.0 Å². The van der Waals surface area contributed by atoms with Crippen LogP contribution in [-0.4, -0.2) is 32.6 Å².